The SMILES string of the molecule is NC(=O)c1sc(-c2cccnc2)nc1[C@@H](C(=O)N1C[C@H](Cl)[C@H]2OCC(=O)[C@H]21)C1CCCCC1. The van der Waals surface area contributed by atoms with Crippen LogP contribution in [0.4, 0.5) is 0 Å². The molecule has 5 rings (SSSR count). The van der Waals surface area contributed by atoms with Crippen LogP contribution in [0, 0.1) is 5.92 Å². The van der Waals surface area contributed by atoms with Crippen molar-refractivity contribution < 1.29 is 19.1 Å². The van der Waals surface area contributed by atoms with Crippen LogP contribution >= 0.6 is 22.9 Å². The second kappa shape index (κ2) is 9.12. The lowest BCUT2D eigenvalue weighted by Gasteiger charge is -2.33. The van der Waals surface area contributed by atoms with Gasteiger partial charge in [0.1, 0.15) is 28.6 Å². The van der Waals surface area contributed by atoms with E-state index in [9.17, 15) is 14.4 Å². The van der Waals surface area contributed by atoms with Crippen molar-refractivity contribution in [3.8, 4) is 10.6 Å². The van der Waals surface area contributed by atoms with Gasteiger partial charge in [0.15, 0.2) is 5.78 Å². The van der Waals surface area contributed by atoms with E-state index in [0.717, 1.165) is 37.7 Å². The fourth-order valence-electron chi connectivity index (χ4n) is 5.34. The number of likely N-dealkylation sites (tertiary alicyclic amines) is 1. The predicted octanol–water partition coefficient (Wildman–Crippen LogP) is 2.75. The molecule has 1 aliphatic carbocycles. The normalized spacial score (nSPS) is 26.4. The zero-order valence-electron chi connectivity index (χ0n) is 18.0. The smallest absolute Gasteiger partial charge is 0.260 e. The van der Waals surface area contributed by atoms with E-state index in [0.29, 0.717) is 10.7 Å². The molecular weight excluding hydrogens is 464 g/mol. The average Bonchev–Trinajstić information content (AvgIpc) is 3.52. The molecule has 2 saturated heterocycles. The van der Waals surface area contributed by atoms with Gasteiger partial charge in [-0.2, -0.15) is 0 Å². The van der Waals surface area contributed by atoms with Crippen LogP contribution in [0.3, 0.4) is 0 Å². The number of fused-ring (bicyclic) bond motifs is 1. The summed E-state index contributed by atoms with van der Waals surface area (Å²) in [7, 11) is 0. The van der Waals surface area contributed by atoms with Gasteiger partial charge in [-0.15, -0.1) is 22.9 Å². The number of carbonyl (C=O) groups excluding carboxylic acids is 3. The number of primary amides is 1. The number of amides is 2. The van der Waals surface area contributed by atoms with E-state index in [1.54, 1.807) is 23.4 Å². The van der Waals surface area contributed by atoms with Gasteiger partial charge in [0.25, 0.3) is 5.91 Å². The Hall–Kier alpha value is -2.36. The minimum Gasteiger partial charge on any atom is -0.366 e. The highest BCUT2D eigenvalue weighted by molar-refractivity contribution is 7.17. The summed E-state index contributed by atoms with van der Waals surface area (Å²) < 4.78 is 5.57. The van der Waals surface area contributed by atoms with Crippen LogP contribution in [-0.4, -0.2) is 63.1 Å². The monoisotopic (exact) mass is 488 g/mol. The first-order chi connectivity index (χ1) is 16.0. The summed E-state index contributed by atoms with van der Waals surface area (Å²) in [5.74, 6) is -1.61. The Labute approximate surface area is 200 Å². The molecule has 0 aromatic carbocycles. The lowest BCUT2D eigenvalue weighted by Crippen LogP contribution is -2.46. The van der Waals surface area contributed by atoms with Gasteiger partial charge >= 0.3 is 0 Å². The summed E-state index contributed by atoms with van der Waals surface area (Å²) in [6.07, 6.45) is 7.67. The Balaban J connectivity index is 1.57. The highest BCUT2D eigenvalue weighted by Gasteiger charge is 2.53. The van der Waals surface area contributed by atoms with E-state index in [-0.39, 0.29) is 35.6 Å². The summed E-state index contributed by atoms with van der Waals surface area (Å²) in [5.41, 5.74) is 6.92. The molecule has 2 amide bonds. The van der Waals surface area contributed by atoms with Crippen molar-refractivity contribution in [3.63, 3.8) is 0 Å². The molecule has 8 nitrogen and oxygen atoms in total. The molecule has 2 aromatic rings. The third-order valence-corrected chi connectivity index (χ3v) is 8.39. The Kier molecular flexibility index (Phi) is 6.20. The summed E-state index contributed by atoms with van der Waals surface area (Å²) >= 11 is 7.63. The second-order valence-electron chi connectivity index (χ2n) is 8.91. The van der Waals surface area contributed by atoms with Crippen molar-refractivity contribution in [2.45, 2.75) is 55.5 Å². The van der Waals surface area contributed by atoms with Crippen molar-refractivity contribution in [2.24, 2.45) is 11.7 Å². The van der Waals surface area contributed by atoms with Gasteiger partial charge in [-0.3, -0.25) is 19.4 Å². The van der Waals surface area contributed by atoms with Crippen molar-refractivity contribution in [1.29, 1.82) is 0 Å². The molecule has 2 aromatic heterocycles. The third-order valence-electron chi connectivity index (χ3n) is 6.87. The maximum absolute atomic E-state index is 14.1. The van der Waals surface area contributed by atoms with E-state index < -0.39 is 29.3 Å². The van der Waals surface area contributed by atoms with Gasteiger partial charge in [-0.05, 0) is 30.9 Å². The van der Waals surface area contributed by atoms with Gasteiger partial charge < -0.3 is 15.4 Å². The number of Topliss-reactive ketones (excluding diaryl/α,β-unsaturated/α-hetero) is 1. The van der Waals surface area contributed by atoms with Gasteiger partial charge in [-0.1, -0.05) is 19.3 Å². The molecule has 2 N–H and O–H groups in total. The first-order valence-corrected chi connectivity index (χ1v) is 12.5. The topological polar surface area (TPSA) is 115 Å². The first-order valence-electron chi connectivity index (χ1n) is 11.3. The second-order valence-corrected chi connectivity index (χ2v) is 10.5. The summed E-state index contributed by atoms with van der Waals surface area (Å²) in [5, 5.41) is 0.143. The molecule has 3 aliphatic rings. The zero-order valence-corrected chi connectivity index (χ0v) is 19.6. The lowest BCUT2D eigenvalue weighted by atomic mass is 9.77. The third kappa shape index (κ3) is 4.06. The maximum Gasteiger partial charge on any atom is 0.260 e. The molecule has 10 heteroatoms. The quantitative estimate of drug-likeness (QED) is 0.647. The Morgan fingerprint density at radius 2 is 2.06 bits per heavy atom. The number of halogens is 1. The van der Waals surface area contributed by atoms with E-state index in [4.69, 9.17) is 27.1 Å². The molecule has 0 radical (unpaired) electrons. The van der Waals surface area contributed by atoms with Crippen LogP contribution < -0.4 is 5.73 Å². The fraction of sp³-hybridized carbons (Fsp3) is 0.522. The first kappa shape index (κ1) is 22.4. The number of rotatable bonds is 5. The predicted molar refractivity (Wildman–Crippen MR) is 123 cm³/mol. The van der Waals surface area contributed by atoms with Gasteiger partial charge in [0.05, 0.1) is 17.0 Å². The van der Waals surface area contributed by atoms with Crippen LogP contribution in [0.5, 0.6) is 0 Å². The molecule has 0 unspecified atom stereocenters. The van der Waals surface area contributed by atoms with Gasteiger partial charge in [0, 0.05) is 24.5 Å². The molecule has 174 valence electrons. The van der Waals surface area contributed by atoms with Crippen LogP contribution in [0.15, 0.2) is 24.5 Å². The number of ketones is 1. The van der Waals surface area contributed by atoms with Crippen LogP contribution in [-0.2, 0) is 14.3 Å². The van der Waals surface area contributed by atoms with Crippen LogP contribution in [0.1, 0.15) is 53.4 Å². The number of ether oxygens (including phenoxy) is 1. The van der Waals surface area contributed by atoms with Crippen LogP contribution in [0.2, 0.25) is 0 Å². The van der Waals surface area contributed by atoms with E-state index >= 15 is 0 Å². The number of hydrogen-bond acceptors (Lipinski definition) is 7. The molecule has 33 heavy (non-hydrogen) atoms. The highest BCUT2D eigenvalue weighted by Crippen LogP contribution is 2.43. The number of nitrogens with zero attached hydrogens (tertiary/aromatic N) is 3. The Morgan fingerprint density at radius 3 is 2.76 bits per heavy atom. The highest BCUT2D eigenvalue weighted by atomic mass is 35.5. The van der Waals surface area contributed by atoms with E-state index in [1.165, 1.54) is 11.3 Å². The molecule has 3 fully saturated rings. The largest absolute Gasteiger partial charge is 0.366 e. The molecule has 0 bridgehead atoms. The Bertz CT molecular complexity index is 1070. The standard InChI is InChI=1S/C23H25ClN4O4S/c24-14-10-28(18-15(29)11-32-19(14)18)23(31)16(12-5-2-1-3-6-12)17-20(21(25)30)33-22(27-17)13-7-4-8-26-9-13/h4,7-9,12,14,16,18-19H,1-3,5-6,10-11H2,(H2,25,30)/t14-,16-,18+,19+/m0/s1. The zero-order chi connectivity index (χ0) is 23.1. The minimum absolute atomic E-state index is 0.0125. The summed E-state index contributed by atoms with van der Waals surface area (Å²) in [6.45, 7) is 0.195. The van der Waals surface area contributed by atoms with Crippen molar-refractivity contribution in [2.75, 3.05) is 13.2 Å². The number of aromatic nitrogens is 2. The molecule has 0 spiro atoms. The average molecular weight is 489 g/mol. The summed E-state index contributed by atoms with van der Waals surface area (Å²) in [4.78, 5) is 49.8. The lowest BCUT2D eigenvalue weighted by molar-refractivity contribution is -0.139. The number of nitrogens with two attached hydrogens (primary N) is 1. The van der Waals surface area contributed by atoms with Gasteiger partial charge in [-0.25, -0.2) is 4.98 Å². The number of thiazole rings is 1. The van der Waals surface area contributed by atoms with Crippen LogP contribution in [0.25, 0.3) is 10.6 Å². The van der Waals surface area contributed by atoms with Crippen molar-refractivity contribution >= 4 is 40.5 Å². The number of alkyl halides is 1. The van der Waals surface area contributed by atoms with E-state index in [2.05, 4.69) is 4.98 Å². The van der Waals surface area contributed by atoms with Crippen molar-refractivity contribution in [1.82, 2.24) is 14.9 Å². The fourth-order valence-corrected chi connectivity index (χ4v) is 6.66. The molecule has 2 aliphatic heterocycles. The minimum atomic E-state index is -0.681. The van der Waals surface area contributed by atoms with E-state index in [1.807, 2.05) is 6.07 Å². The number of carbonyl (C=O) groups is 3. The summed E-state index contributed by atoms with van der Waals surface area (Å²) in [6, 6.07) is 2.97. The molecular formula is C23H25ClN4O4S. The molecule has 4 atom stereocenters. The molecule has 4 heterocycles. The molecule has 1 saturated carbocycles. The van der Waals surface area contributed by atoms with Crippen molar-refractivity contribution in [3.05, 3.63) is 35.1 Å². The van der Waals surface area contributed by atoms with Gasteiger partial charge in [0.2, 0.25) is 5.91 Å². The maximum atomic E-state index is 14.1. The number of hydrogen-bond donors (Lipinski definition) is 1. The Morgan fingerprint density at radius 1 is 1.27 bits per heavy atom. The number of pyridine rings is 1.